The van der Waals surface area contributed by atoms with E-state index in [1.165, 1.54) is 19.3 Å². The van der Waals surface area contributed by atoms with Crippen molar-refractivity contribution < 1.29 is 4.74 Å². The van der Waals surface area contributed by atoms with E-state index in [4.69, 9.17) is 4.74 Å². The predicted octanol–water partition coefficient (Wildman–Crippen LogP) is 3.19. The molecule has 2 aromatic rings. The van der Waals surface area contributed by atoms with Crippen molar-refractivity contribution in [2.45, 2.75) is 45.3 Å². The highest BCUT2D eigenvalue weighted by Gasteiger charge is 2.19. The minimum atomic E-state index is 0.294. The van der Waals surface area contributed by atoms with Crippen molar-refractivity contribution in [3.8, 4) is 0 Å². The molecule has 0 spiro atoms. The van der Waals surface area contributed by atoms with E-state index in [0.29, 0.717) is 12.1 Å². The second-order valence-electron chi connectivity index (χ2n) is 6.17. The Labute approximate surface area is 126 Å². The van der Waals surface area contributed by atoms with Crippen molar-refractivity contribution in [2.75, 3.05) is 13.2 Å². The van der Waals surface area contributed by atoms with Gasteiger partial charge < -0.3 is 14.5 Å². The molecule has 0 amide bonds. The Morgan fingerprint density at radius 2 is 2.38 bits per heavy atom. The number of ether oxygens (including phenoxy) is 1. The van der Waals surface area contributed by atoms with Gasteiger partial charge in [0.25, 0.3) is 0 Å². The molecule has 114 valence electrons. The molecule has 3 atom stereocenters. The number of hydrogen-bond acceptors (Lipinski definition) is 3. The van der Waals surface area contributed by atoms with Gasteiger partial charge >= 0.3 is 0 Å². The summed E-state index contributed by atoms with van der Waals surface area (Å²) in [6, 6.07) is 6.39. The molecular formula is C17H25N3O. The van der Waals surface area contributed by atoms with Crippen LogP contribution in [0.1, 0.15) is 44.8 Å². The fourth-order valence-corrected chi connectivity index (χ4v) is 3.12. The number of rotatable bonds is 5. The van der Waals surface area contributed by atoms with Gasteiger partial charge in [-0.2, -0.15) is 0 Å². The van der Waals surface area contributed by atoms with E-state index in [-0.39, 0.29) is 0 Å². The molecule has 1 fully saturated rings. The highest BCUT2D eigenvalue weighted by atomic mass is 16.5. The van der Waals surface area contributed by atoms with Gasteiger partial charge in [0.1, 0.15) is 5.65 Å². The van der Waals surface area contributed by atoms with Gasteiger partial charge in [-0.25, -0.2) is 4.98 Å². The minimum Gasteiger partial charge on any atom is -0.378 e. The first-order chi connectivity index (χ1) is 10.2. The van der Waals surface area contributed by atoms with Crippen LogP contribution in [-0.2, 0) is 4.74 Å². The lowest BCUT2D eigenvalue weighted by Gasteiger charge is -2.27. The molecule has 1 aliphatic heterocycles. The van der Waals surface area contributed by atoms with Crippen molar-refractivity contribution in [2.24, 2.45) is 5.92 Å². The third-order valence-electron chi connectivity index (χ3n) is 4.42. The molecule has 2 aromatic heterocycles. The van der Waals surface area contributed by atoms with Crippen LogP contribution in [0.15, 0.2) is 30.6 Å². The number of aromatic nitrogens is 2. The Kier molecular flexibility index (Phi) is 4.56. The average molecular weight is 287 g/mol. The third kappa shape index (κ3) is 3.63. The van der Waals surface area contributed by atoms with E-state index in [1.807, 2.05) is 24.4 Å². The van der Waals surface area contributed by atoms with Crippen molar-refractivity contribution in [1.29, 1.82) is 0 Å². The van der Waals surface area contributed by atoms with Gasteiger partial charge in [-0.15, -0.1) is 0 Å². The van der Waals surface area contributed by atoms with Gasteiger partial charge in [-0.3, -0.25) is 0 Å². The van der Waals surface area contributed by atoms with Crippen LogP contribution < -0.4 is 5.32 Å². The van der Waals surface area contributed by atoms with Crippen molar-refractivity contribution in [3.05, 3.63) is 36.3 Å². The zero-order valence-electron chi connectivity index (χ0n) is 13.0. The number of hydrogen-bond donors (Lipinski definition) is 1. The summed E-state index contributed by atoms with van der Waals surface area (Å²) in [5.41, 5.74) is 2.13. The smallest absolute Gasteiger partial charge is 0.137 e. The van der Waals surface area contributed by atoms with Crippen LogP contribution in [-0.4, -0.2) is 28.6 Å². The third-order valence-corrected chi connectivity index (χ3v) is 4.42. The number of fused-ring (bicyclic) bond motifs is 1. The summed E-state index contributed by atoms with van der Waals surface area (Å²) in [5.74, 6) is 0.800. The van der Waals surface area contributed by atoms with E-state index in [1.54, 1.807) is 0 Å². The van der Waals surface area contributed by atoms with E-state index >= 15 is 0 Å². The van der Waals surface area contributed by atoms with Crippen molar-refractivity contribution in [1.82, 2.24) is 14.7 Å². The molecule has 4 heteroatoms. The molecule has 3 heterocycles. The average Bonchev–Trinajstić information content (AvgIpc) is 2.91. The minimum absolute atomic E-state index is 0.294. The maximum Gasteiger partial charge on any atom is 0.137 e. The highest BCUT2D eigenvalue weighted by molar-refractivity contribution is 5.39. The molecule has 1 N–H and O–H groups in total. The summed E-state index contributed by atoms with van der Waals surface area (Å²) in [6.07, 6.45) is 8.22. The summed E-state index contributed by atoms with van der Waals surface area (Å²) in [7, 11) is 0. The zero-order valence-corrected chi connectivity index (χ0v) is 13.0. The molecule has 0 radical (unpaired) electrons. The molecule has 0 bridgehead atoms. The topological polar surface area (TPSA) is 38.6 Å². The van der Waals surface area contributed by atoms with Gasteiger partial charge in [0.2, 0.25) is 0 Å². The van der Waals surface area contributed by atoms with Gasteiger partial charge in [0.15, 0.2) is 0 Å². The molecule has 1 aliphatic rings. The van der Waals surface area contributed by atoms with Crippen LogP contribution in [0.3, 0.4) is 0 Å². The van der Waals surface area contributed by atoms with Gasteiger partial charge in [0.05, 0.1) is 11.8 Å². The van der Waals surface area contributed by atoms with E-state index < -0.39 is 0 Å². The molecule has 0 aliphatic carbocycles. The van der Waals surface area contributed by atoms with Crippen LogP contribution in [0.2, 0.25) is 0 Å². The number of imidazole rings is 1. The van der Waals surface area contributed by atoms with Crippen LogP contribution in [0.5, 0.6) is 0 Å². The molecular weight excluding hydrogens is 262 g/mol. The predicted molar refractivity (Wildman–Crippen MR) is 84.4 cm³/mol. The Balaban J connectivity index is 1.50. The van der Waals surface area contributed by atoms with Gasteiger partial charge in [-0.1, -0.05) is 6.07 Å². The van der Waals surface area contributed by atoms with Crippen LogP contribution in [0.25, 0.3) is 5.65 Å². The quantitative estimate of drug-likeness (QED) is 0.918. The van der Waals surface area contributed by atoms with E-state index in [9.17, 15) is 0 Å². The fraction of sp³-hybridized carbons (Fsp3) is 0.588. The molecule has 3 unspecified atom stereocenters. The van der Waals surface area contributed by atoms with Crippen molar-refractivity contribution in [3.63, 3.8) is 0 Å². The number of nitrogens with one attached hydrogen (secondary N) is 1. The monoisotopic (exact) mass is 287 g/mol. The first-order valence-corrected chi connectivity index (χ1v) is 8.01. The lowest BCUT2D eigenvalue weighted by Crippen LogP contribution is -2.27. The molecule has 0 saturated carbocycles. The molecule has 4 nitrogen and oxygen atoms in total. The normalized spacial score (nSPS) is 24.3. The lowest BCUT2D eigenvalue weighted by atomic mass is 9.93. The Morgan fingerprint density at radius 1 is 1.48 bits per heavy atom. The van der Waals surface area contributed by atoms with Crippen LogP contribution in [0.4, 0.5) is 0 Å². The second-order valence-corrected chi connectivity index (χ2v) is 6.17. The maximum atomic E-state index is 5.61. The first-order valence-electron chi connectivity index (χ1n) is 8.01. The zero-order chi connectivity index (χ0) is 14.7. The van der Waals surface area contributed by atoms with Crippen molar-refractivity contribution >= 4 is 5.65 Å². The van der Waals surface area contributed by atoms with Crippen LogP contribution >= 0.6 is 0 Å². The number of pyridine rings is 1. The van der Waals surface area contributed by atoms with E-state index in [2.05, 4.69) is 34.7 Å². The fourth-order valence-electron chi connectivity index (χ4n) is 3.12. The van der Waals surface area contributed by atoms with Crippen LogP contribution in [0, 0.1) is 5.92 Å². The summed E-state index contributed by atoms with van der Waals surface area (Å²) in [4.78, 5) is 4.67. The van der Waals surface area contributed by atoms with Gasteiger partial charge in [-0.05, 0) is 57.7 Å². The second kappa shape index (κ2) is 6.58. The van der Waals surface area contributed by atoms with E-state index in [0.717, 1.165) is 30.4 Å². The Hall–Kier alpha value is -1.39. The summed E-state index contributed by atoms with van der Waals surface area (Å²) in [6.45, 7) is 6.34. The first kappa shape index (κ1) is 14.5. The summed E-state index contributed by atoms with van der Waals surface area (Å²) in [5, 5.41) is 3.61. The Bertz CT molecular complexity index is 547. The largest absolute Gasteiger partial charge is 0.378 e. The SMILES string of the molecule is CC1CC(CCNC(C)c2cn3ccccc3n2)CCO1. The summed E-state index contributed by atoms with van der Waals surface area (Å²) < 4.78 is 7.68. The number of nitrogens with zero attached hydrogens (tertiary/aromatic N) is 2. The summed E-state index contributed by atoms with van der Waals surface area (Å²) >= 11 is 0. The molecule has 1 saturated heterocycles. The molecule has 3 rings (SSSR count). The standard InChI is InChI=1S/C17H25N3O/c1-13-11-15(7-10-21-13)6-8-18-14(2)16-12-20-9-4-3-5-17(20)19-16/h3-5,9,12-15,18H,6-8,10-11H2,1-2H3. The Morgan fingerprint density at radius 3 is 3.19 bits per heavy atom. The lowest BCUT2D eigenvalue weighted by molar-refractivity contribution is 0.000901. The maximum absolute atomic E-state index is 5.61. The highest BCUT2D eigenvalue weighted by Crippen LogP contribution is 2.22. The molecule has 21 heavy (non-hydrogen) atoms. The molecule has 0 aromatic carbocycles. The van der Waals surface area contributed by atoms with Gasteiger partial charge in [0, 0.05) is 25.0 Å².